The summed E-state index contributed by atoms with van der Waals surface area (Å²) in [5, 5.41) is 15.7. The highest BCUT2D eigenvalue weighted by Gasteiger charge is 2.18. The normalized spacial score (nSPS) is 10.4. The number of carbonyl (C=O) groups is 1. The van der Waals surface area contributed by atoms with E-state index < -0.39 is 10.8 Å². The molecule has 0 bridgehead atoms. The number of amides is 1. The maximum atomic E-state index is 12.4. The molecule has 1 N–H and O–H groups in total. The summed E-state index contributed by atoms with van der Waals surface area (Å²) < 4.78 is 5.69. The van der Waals surface area contributed by atoms with Gasteiger partial charge in [0.25, 0.3) is 11.6 Å². The Labute approximate surface area is 164 Å². The topological polar surface area (TPSA) is 81.5 Å². The van der Waals surface area contributed by atoms with Crippen molar-refractivity contribution in [3.05, 3.63) is 85.1 Å². The summed E-state index contributed by atoms with van der Waals surface area (Å²) in [7, 11) is 0. The first-order valence-electron chi connectivity index (χ1n) is 7.94. The Morgan fingerprint density at radius 3 is 2.67 bits per heavy atom. The van der Waals surface area contributed by atoms with Crippen LogP contribution in [0.5, 0.6) is 5.75 Å². The van der Waals surface area contributed by atoms with Crippen molar-refractivity contribution in [3.8, 4) is 5.75 Å². The number of aryl methyl sites for hydroxylation is 1. The molecule has 8 heteroatoms. The van der Waals surface area contributed by atoms with E-state index in [1.807, 2.05) is 36.6 Å². The minimum absolute atomic E-state index is 0.0975. The highest BCUT2D eigenvalue weighted by Crippen LogP contribution is 2.29. The molecule has 1 aromatic heterocycles. The van der Waals surface area contributed by atoms with Crippen LogP contribution in [0.1, 0.15) is 20.8 Å². The van der Waals surface area contributed by atoms with Crippen LogP contribution in [-0.4, -0.2) is 10.8 Å². The minimum atomic E-state index is -0.587. The predicted octanol–water partition coefficient (Wildman–Crippen LogP) is 5.45. The number of carbonyl (C=O) groups excluding carboxylic acids is 1. The van der Waals surface area contributed by atoms with Gasteiger partial charge in [0.1, 0.15) is 18.0 Å². The van der Waals surface area contributed by atoms with Crippen LogP contribution in [0.15, 0.2) is 53.9 Å². The molecule has 3 rings (SSSR count). The average molecular weight is 403 g/mol. The van der Waals surface area contributed by atoms with Crippen LogP contribution in [0.25, 0.3) is 0 Å². The Morgan fingerprint density at radius 2 is 1.96 bits per heavy atom. The van der Waals surface area contributed by atoms with Crippen molar-refractivity contribution in [3.63, 3.8) is 0 Å². The lowest BCUT2D eigenvalue weighted by molar-refractivity contribution is -0.383. The number of anilines is 1. The molecule has 0 unspecified atom stereocenters. The third-order valence-corrected chi connectivity index (χ3v) is 4.92. The van der Waals surface area contributed by atoms with Crippen LogP contribution in [-0.2, 0) is 6.61 Å². The molecule has 27 heavy (non-hydrogen) atoms. The number of nitrogens with zero attached hydrogens (tertiary/aromatic N) is 1. The van der Waals surface area contributed by atoms with Crippen molar-refractivity contribution in [2.45, 2.75) is 13.5 Å². The van der Waals surface area contributed by atoms with Crippen LogP contribution in [0, 0.1) is 17.0 Å². The zero-order valence-corrected chi connectivity index (χ0v) is 15.8. The lowest BCUT2D eigenvalue weighted by atomic mass is 10.2. The van der Waals surface area contributed by atoms with Crippen molar-refractivity contribution in [1.82, 2.24) is 0 Å². The van der Waals surface area contributed by atoms with Crippen molar-refractivity contribution >= 4 is 40.2 Å². The number of hydrogen-bond donors (Lipinski definition) is 1. The maximum absolute atomic E-state index is 12.4. The number of ether oxygens (including phenoxy) is 1. The monoisotopic (exact) mass is 402 g/mol. The molecule has 138 valence electrons. The Kier molecular flexibility index (Phi) is 5.73. The number of nitro benzene ring substituents is 1. The molecule has 1 heterocycles. The number of halogens is 1. The highest BCUT2D eigenvalue weighted by molar-refractivity contribution is 7.12. The zero-order valence-electron chi connectivity index (χ0n) is 14.3. The van der Waals surface area contributed by atoms with Crippen molar-refractivity contribution in [2.24, 2.45) is 0 Å². The summed E-state index contributed by atoms with van der Waals surface area (Å²) in [4.78, 5) is 23.4. The molecule has 1 amide bonds. The van der Waals surface area contributed by atoms with Gasteiger partial charge in [0.2, 0.25) is 0 Å². The molecule has 0 saturated carbocycles. The Bertz CT molecular complexity index is 986. The number of nitro groups is 1. The van der Waals surface area contributed by atoms with E-state index in [1.165, 1.54) is 29.5 Å². The molecule has 0 aliphatic rings. The summed E-state index contributed by atoms with van der Waals surface area (Å²) in [5.41, 5.74) is 1.83. The summed E-state index contributed by atoms with van der Waals surface area (Å²) >= 11 is 7.03. The first-order chi connectivity index (χ1) is 12.9. The first-order valence-corrected chi connectivity index (χ1v) is 9.20. The van der Waals surface area contributed by atoms with E-state index >= 15 is 0 Å². The SMILES string of the molecule is Cc1ccc(OCc2csc(C(=O)Nc3ccc(Cl)cc3[N+](=O)[O-])c2)cc1. The zero-order chi connectivity index (χ0) is 19.4. The minimum Gasteiger partial charge on any atom is -0.489 e. The summed E-state index contributed by atoms with van der Waals surface area (Å²) in [6.45, 7) is 2.33. The molecule has 2 aromatic carbocycles. The first kappa shape index (κ1) is 18.9. The van der Waals surface area contributed by atoms with Gasteiger partial charge in [-0.15, -0.1) is 11.3 Å². The molecular weight excluding hydrogens is 388 g/mol. The summed E-state index contributed by atoms with van der Waals surface area (Å²) in [6, 6.07) is 13.5. The van der Waals surface area contributed by atoms with Crippen LogP contribution in [0.3, 0.4) is 0 Å². The quantitative estimate of drug-likeness (QED) is 0.439. The van der Waals surface area contributed by atoms with Crippen molar-refractivity contribution in [1.29, 1.82) is 0 Å². The fraction of sp³-hybridized carbons (Fsp3) is 0.105. The van der Waals surface area contributed by atoms with Crippen molar-refractivity contribution < 1.29 is 14.5 Å². The molecule has 0 fully saturated rings. The molecule has 0 spiro atoms. The fourth-order valence-electron chi connectivity index (χ4n) is 2.32. The van der Waals surface area contributed by atoms with Gasteiger partial charge < -0.3 is 10.1 Å². The second-order valence-corrected chi connectivity index (χ2v) is 7.14. The average Bonchev–Trinajstić information content (AvgIpc) is 3.12. The van der Waals surface area contributed by atoms with Gasteiger partial charge in [0, 0.05) is 16.7 Å². The van der Waals surface area contributed by atoms with E-state index in [0.29, 0.717) is 11.5 Å². The second-order valence-electron chi connectivity index (χ2n) is 5.79. The van der Waals surface area contributed by atoms with E-state index in [0.717, 1.165) is 16.9 Å². The standard InChI is InChI=1S/C19H15ClN2O4S/c1-12-2-5-15(6-3-12)26-10-13-8-18(27-11-13)19(23)21-16-7-4-14(20)9-17(16)22(24)25/h2-9,11H,10H2,1H3,(H,21,23). The van der Waals surface area contributed by atoms with E-state index in [1.54, 1.807) is 6.07 Å². The number of rotatable bonds is 6. The molecule has 3 aromatic rings. The fourth-order valence-corrected chi connectivity index (χ4v) is 3.28. The van der Waals surface area contributed by atoms with E-state index in [4.69, 9.17) is 16.3 Å². The van der Waals surface area contributed by atoms with Gasteiger partial charge in [-0.3, -0.25) is 14.9 Å². The van der Waals surface area contributed by atoms with E-state index in [9.17, 15) is 14.9 Å². The molecule has 0 aliphatic carbocycles. The number of nitrogens with one attached hydrogen (secondary N) is 1. The van der Waals surface area contributed by atoms with Crippen LogP contribution in [0.2, 0.25) is 5.02 Å². The molecule has 6 nitrogen and oxygen atoms in total. The van der Waals surface area contributed by atoms with E-state index in [-0.39, 0.29) is 16.4 Å². The Hall–Kier alpha value is -2.90. The van der Waals surface area contributed by atoms with Crippen LogP contribution >= 0.6 is 22.9 Å². The van der Waals surface area contributed by atoms with Gasteiger partial charge in [0.15, 0.2) is 0 Å². The molecule has 0 saturated heterocycles. The number of hydrogen-bond acceptors (Lipinski definition) is 5. The van der Waals surface area contributed by atoms with Gasteiger partial charge in [-0.25, -0.2) is 0 Å². The van der Waals surface area contributed by atoms with E-state index in [2.05, 4.69) is 5.32 Å². The lowest BCUT2D eigenvalue weighted by Crippen LogP contribution is -2.11. The van der Waals surface area contributed by atoms with Gasteiger partial charge in [-0.05, 0) is 42.6 Å². The van der Waals surface area contributed by atoms with Gasteiger partial charge in [-0.1, -0.05) is 29.3 Å². The van der Waals surface area contributed by atoms with Gasteiger partial charge in [0.05, 0.1) is 9.80 Å². The third-order valence-electron chi connectivity index (χ3n) is 3.71. The lowest BCUT2D eigenvalue weighted by Gasteiger charge is -2.05. The number of benzene rings is 2. The largest absolute Gasteiger partial charge is 0.489 e. The second kappa shape index (κ2) is 8.20. The third kappa shape index (κ3) is 4.84. The highest BCUT2D eigenvalue weighted by atomic mass is 35.5. The number of thiophene rings is 1. The van der Waals surface area contributed by atoms with Crippen LogP contribution < -0.4 is 10.1 Å². The van der Waals surface area contributed by atoms with Gasteiger partial charge >= 0.3 is 0 Å². The van der Waals surface area contributed by atoms with Gasteiger partial charge in [-0.2, -0.15) is 0 Å². The smallest absolute Gasteiger partial charge is 0.294 e. The maximum Gasteiger partial charge on any atom is 0.294 e. The van der Waals surface area contributed by atoms with Crippen LogP contribution in [0.4, 0.5) is 11.4 Å². The molecular formula is C19H15ClN2O4S. The molecule has 0 aliphatic heterocycles. The Balaban J connectivity index is 1.66. The molecule has 0 radical (unpaired) electrons. The summed E-state index contributed by atoms with van der Waals surface area (Å²) in [6.07, 6.45) is 0. The molecule has 0 atom stereocenters. The Morgan fingerprint density at radius 1 is 1.22 bits per heavy atom. The van der Waals surface area contributed by atoms with Crippen molar-refractivity contribution in [2.75, 3.05) is 5.32 Å². The summed E-state index contributed by atoms with van der Waals surface area (Å²) in [5.74, 6) is 0.321. The predicted molar refractivity (Wildman–Crippen MR) is 106 cm³/mol.